The van der Waals surface area contributed by atoms with Crippen LogP contribution in [0.4, 0.5) is 11.4 Å². The van der Waals surface area contributed by atoms with Crippen LogP contribution in [0.15, 0.2) is 36.4 Å². The summed E-state index contributed by atoms with van der Waals surface area (Å²) in [5, 5.41) is 6.45. The van der Waals surface area contributed by atoms with Gasteiger partial charge < -0.3 is 10.6 Å². The van der Waals surface area contributed by atoms with Crippen LogP contribution >= 0.6 is 11.6 Å². The fraction of sp³-hybridized carbons (Fsp3) is 0.188. The largest absolute Gasteiger partial charge is 0.387 e. The van der Waals surface area contributed by atoms with Gasteiger partial charge in [-0.1, -0.05) is 35.4 Å². The Labute approximate surface area is 124 Å². The number of amides is 1. The van der Waals surface area contributed by atoms with Crippen molar-refractivity contribution in [3.8, 4) is 0 Å². The van der Waals surface area contributed by atoms with Crippen LogP contribution in [0.5, 0.6) is 0 Å². The van der Waals surface area contributed by atoms with Gasteiger partial charge in [-0.15, -0.1) is 0 Å². The number of carbonyl (C=O) groups excluding carboxylic acids is 1. The van der Waals surface area contributed by atoms with Gasteiger partial charge in [-0.05, 0) is 37.6 Å². The summed E-state index contributed by atoms with van der Waals surface area (Å²) in [5.74, 6) is -0.172. The Bertz CT molecular complexity index is 633. The third kappa shape index (κ3) is 2.94. The Morgan fingerprint density at radius 3 is 2.55 bits per heavy atom. The van der Waals surface area contributed by atoms with Crippen molar-refractivity contribution in [3.63, 3.8) is 0 Å². The first-order valence-electron chi connectivity index (χ1n) is 6.38. The van der Waals surface area contributed by atoms with E-state index in [9.17, 15) is 4.79 Å². The highest BCUT2D eigenvalue weighted by Gasteiger charge is 2.13. The fourth-order valence-electron chi connectivity index (χ4n) is 2.04. The van der Waals surface area contributed by atoms with Crippen molar-refractivity contribution in [2.45, 2.75) is 13.8 Å². The third-order valence-electron chi connectivity index (χ3n) is 3.15. The molecule has 4 heteroatoms. The summed E-state index contributed by atoms with van der Waals surface area (Å²) in [6.45, 7) is 3.87. The van der Waals surface area contributed by atoms with E-state index in [-0.39, 0.29) is 5.91 Å². The summed E-state index contributed by atoms with van der Waals surface area (Å²) in [7, 11) is 1.79. The van der Waals surface area contributed by atoms with Crippen molar-refractivity contribution in [2.24, 2.45) is 0 Å². The van der Waals surface area contributed by atoms with E-state index in [0.717, 1.165) is 16.8 Å². The van der Waals surface area contributed by atoms with E-state index in [2.05, 4.69) is 10.6 Å². The van der Waals surface area contributed by atoms with Crippen LogP contribution in [-0.2, 0) is 0 Å². The Balaban J connectivity index is 2.35. The smallest absolute Gasteiger partial charge is 0.257 e. The number of anilines is 2. The SMILES string of the molecule is CNc1ccc(C)cc1C(=O)Nc1c(C)cccc1Cl. The average Bonchev–Trinajstić information content (AvgIpc) is 2.43. The molecule has 0 bridgehead atoms. The van der Waals surface area contributed by atoms with Gasteiger partial charge in [0.25, 0.3) is 5.91 Å². The first kappa shape index (κ1) is 14.4. The van der Waals surface area contributed by atoms with E-state index in [1.807, 2.05) is 44.2 Å². The highest BCUT2D eigenvalue weighted by atomic mass is 35.5. The topological polar surface area (TPSA) is 41.1 Å². The van der Waals surface area contributed by atoms with Crippen LogP contribution in [-0.4, -0.2) is 13.0 Å². The van der Waals surface area contributed by atoms with Crippen molar-refractivity contribution < 1.29 is 4.79 Å². The summed E-state index contributed by atoms with van der Waals surface area (Å²) in [5.41, 5.74) is 4.02. The molecule has 0 atom stereocenters. The number of aryl methyl sites for hydroxylation is 2. The van der Waals surface area contributed by atoms with Gasteiger partial charge in [0, 0.05) is 12.7 Å². The van der Waals surface area contributed by atoms with Gasteiger partial charge in [0.2, 0.25) is 0 Å². The highest BCUT2D eigenvalue weighted by molar-refractivity contribution is 6.34. The van der Waals surface area contributed by atoms with Gasteiger partial charge in [-0.2, -0.15) is 0 Å². The summed E-state index contributed by atoms with van der Waals surface area (Å²) < 4.78 is 0. The third-order valence-corrected chi connectivity index (χ3v) is 3.46. The molecule has 0 radical (unpaired) electrons. The molecule has 0 aromatic heterocycles. The first-order valence-corrected chi connectivity index (χ1v) is 6.75. The summed E-state index contributed by atoms with van der Waals surface area (Å²) >= 11 is 6.14. The molecule has 0 aliphatic carbocycles. The Hall–Kier alpha value is -2.00. The predicted octanol–water partition coefficient (Wildman–Crippen LogP) is 4.25. The van der Waals surface area contributed by atoms with E-state index < -0.39 is 0 Å². The van der Waals surface area contributed by atoms with Gasteiger partial charge in [-0.25, -0.2) is 0 Å². The zero-order valence-electron chi connectivity index (χ0n) is 11.8. The summed E-state index contributed by atoms with van der Waals surface area (Å²) in [6.07, 6.45) is 0. The molecule has 2 aromatic carbocycles. The lowest BCUT2D eigenvalue weighted by molar-refractivity contribution is 0.102. The van der Waals surface area contributed by atoms with E-state index in [0.29, 0.717) is 16.3 Å². The number of hydrogen-bond acceptors (Lipinski definition) is 2. The summed E-state index contributed by atoms with van der Waals surface area (Å²) in [6, 6.07) is 11.2. The van der Waals surface area contributed by atoms with Crippen molar-refractivity contribution in [3.05, 3.63) is 58.1 Å². The number of nitrogens with one attached hydrogen (secondary N) is 2. The molecular formula is C16H17ClN2O. The molecule has 20 heavy (non-hydrogen) atoms. The molecule has 0 heterocycles. The maximum absolute atomic E-state index is 12.4. The van der Waals surface area contributed by atoms with E-state index in [1.165, 1.54) is 0 Å². The lowest BCUT2D eigenvalue weighted by Gasteiger charge is -2.13. The minimum Gasteiger partial charge on any atom is -0.387 e. The summed E-state index contributed by atoms with van der Waals surface area (Å²) in [4.78, 5) is 12.4. The normalized spacial score (nSPS) is 10.2. The number of halogens is 1. The molecule has 1 amide bonds. The minimum absolute atomic E-state index is 0.172. The van der Waals surface area contributed by atoms with Crippen LogP contribution in [0.2, 0.25) is 5.02 Å². The molecule has 0 aliphatic rings. The van der Waals surface area contributed by atoms with Gasteiger partial charge in [0.1, 0.15) is 0 Å². The van der Waals surface area contributed by atoms with Crippen LogP contribution < -0.4 is 10.6 Å². The average molecular weight is 289 g/mol. The van der Waals surface area contributed by atoms with E-state index in [1.54, 1.807) is 13.1 Å². The highest BCUT2D eigenvalue weighted by Crippen LogP contribution is 2.27. The number of carbonyl (C=O) groups is 1. The van der Waals surface area contributed by atoms with Gasteiger partial charge in [0.05, 0.1) is 16.3 Å². The zero-order chi connectivity index (χ0) is 14.7. The molecule has 0 spiro atoms. The molecule has 0 aliphatic heterocycles. The maximum atomic E-state index is 12.4. The zero-order valence-corrected chi connectivity index (χ0v) is 12.5. The molecule has 2 rings (SSSR count). The van der Waals surface area contributed by atoms with Crippen molar-refractivity contribution in [2.75, 3.05) is 17.7 Å². The molecule has 0 saturated carbocycles. The molecule has 2 N–H and O–H groups in total. The van der Waals surface area contributed by atoms with Gasteiger partial charge in [-0.3, -0.25) is 4.79 Å². The number of rotatable bonds is 3. The van der Waals surface area contributed by atoms with Crippen LogP contribution in [0.25, 0.3) is 0 Å². The molecule has 104 valence electrons. The second-order valence-electron chi connectivity index (χ2n) is 4.68. The second-order valence-corrected chi connectivity index (χ2v) is 5.09. The Kier molecular flexibility index (Phi) is 4.30. The Morgan fingerprint density at radius 2 is 1.90 bits per heavy atom. The van der Waals surface area contributed by atoms with Gasteiger partial charge >= 0.3 is 0 Å². The Morgan fingerprint density at radius 1 is 1.15 bits per heavy atom. The lowest BCUT2D eigenvalue weighted by atomic mass is 10.1. The molecule has 3 nitrogen and oxygen atoms in total. The number of benzene rings is 2. The van der Waals surface area contributed by atoms with Crippen LogP contribution in [0, 0.1) is 13.8 Å². The molecule has 0 fully saturated rings. The molecule has 2 aromatic rings. The van der Waals surface area contributed by atoms with Gasteiger partial charge in [0.15, 0.2) is 0 Å². The van der Waals surface area contributed by atoms with E-state index in [4.69, 9.17) is 11.6 Å². The van der Waals surface area contributed by atoms with Crippen molar-refractivity contribution >= 4 is 28.9 Å². The van der Waals surface area contributed by atoms with Crippen molar-refractivity contribution in [1.29, 1.82) is 0 Å². The standard InChI is InChI=1S/C16H17ClN2O/c1-10-7-8-14(18-3)12(9-10)16(20)19-15-11(2)5-4-6-13(15)17/h4-9,18H,1-3H3,(H,19,20). The van der Waals surface area contributed by atoms with Crippen LogP contribution in [0.3, 0.4) is 0 Å². The second kappa shape index (κ2) is 5.97. The first-order chi connectivity index (χ1) is 9.52. The quantitative estimate of drug-likeness (QED) is 0.886. The molecule has 0 unspecified atom stereocenters. The maximum Gasteiger partial charge on any atom is 0.257 e. The predicted molar refractivity (Wildman–Crippen MR) is 84.9 cm³/mol. The monoisotopic (exact) mass is 288 g/mol. The number of para-hydroxylation sites is 1. The van der Waals surface area contributed by atoms with Crippen LogP contribution in [0.1, 0.15) is 21.5 Å². The minimum atomic E-state index is -0.172. The fourth-order valence-corrected chi connectivity index (χ4v) is 2.30. The number of hydrogen-bond donors (Lipinski definition) is 2. The molecular weight excluding hydrogens is 272 g/mol. The van der Waals surface area contributed by atoms with E-state index >= 15 is 0 Å². The van der Waals surface area contributed by atoms with Crippen molar-refractivity contribution in [1.82, 2.24) is 0 Å². The molecule has 0 saturated heterocycles. The lowest BCUT2D eigenvalue weighted by Crippen LogP contribution is -2.15.